The maximum Gasteiger partial charge on any atom is 0.240 e. The van der Waals surface area contributed by atoms with Crippen molar-refractivity contribution in [3.8, 4) is 0 Å². The van der Waals surface area contributed by atoms with Crippen LogP contribution in [-0.4, -0.2) is 26.9 Å². The first-order valence-corrected chi connectivity index (χ1v) is 9.23. The molecule has 0 aromatic heterocycles. The zero-order valence-electron chi connectivity index (χ0n) is 13.2. The Balaban J connectivity index is 1.84. The van der Waals surface area contributed by atoms with Gasteiger partial charge in [0, 0.05) is 19.0 Å². The zero-order valence-corrected chi connectivity index (χ0v) is 14.0. The molecule has 0 atom stereocenters. The van der Waals surface area contributed by atoms with Crippen LogP contribution in [0.1, 0.15) is 43.2 Å². The lowest BCUT2D eigenvalue weighted by Gasteiger charge is -2.12. The number of sulfonamides is 1. The first-order valence-electron chi connectivity index (χ1n) is 7.75. The monoisotopic (exact) mass is 324 g/mol. The fraction of sp³-hybridized carbons (Fsp3) is 0.562. The van der Waals surface area contributed by atoms with Gasteiger partial charge in [-0.2, -0.15) is 0 Å². The molecule has 122 valence electrons. The van der Waals surface area contributed by atoms with Gasteiger partial charge in [0.25, 0.3) is 0 Å². The molecule has 0 radical (unpaired) electrons. The third-order valence-electron chi connectivity index (χ3n) is 4.15. The molecule has 1 aliphatic carbocycles. The first-order chi connectivity index (χ1) is 10.4. The lowest BCUT2D eigenvalue weighted by Crippen LogP contribution is -2.35. The predicted octanol–water partition coefficient (Wildman–Crippen LogP) is 2.03. The maximum absolute atomic E-state index is 12.2. The molecule has 0 spiro atoms. The van der Waals surface area contributed by atoms with E-state index in [4.69, 9.17) is 0 Å². The highest BCUT2D eigenvalue weighted by Gasteiger charge is 2.18. The summed E-state index contributed by atoms with van der Waals surface area (Å²) >= 11 is 0. The van der Waals surface area contributed by atoms with Crippen molar-refractivity contribution in [1.29, 1.82) is 0 Å². The highest BCUT2D eigenvalue weighted by atomic mass is 32.2. The molecule has 1 aromatic rings. The molecule has 1 fully saturated rings. The second kappa shape index (κ2) is 7.24. The third-order valence-corrected chi connectivity index (χ3v) is 5.61. The number of amides is 1. The predicted molar refractivity (Wildman–Crippen MR) is 86.1 cm³/mol. The van der Waals surface area contributed by atoms with Crippen LogP contribution in [0, 0.1) is 13.8 Å². The van der Waals surface area contributed by atoms with Gasteiger partial charge in [-0.3, -0.25) is 4.79 Å². The minimum atomic E-state index is -3.55. The molecule has 0 aliphatic heterocycles. The smallest absolute Gasteiger partial charge is 0.240 e. The number of benzene rings is 1. The van der Waals surface area contributed by atoms with Gasteiger partial charge in [0.15, 0.2) is 0 Å². The number of nitrogens with one attached hydrogen (secondary N) is 2. The summed E-state index contributed by atoms with van der Waals surface area (Å²) in [5.41, 5.74) is 1.98. The van der Waals surface area contributed by atoms with Crippen molar-refractivity contribution >= 4 is 15.9 Å². The van der Waals surface area contributed by atoms with Crippen molar-refractivity contribution in [1.82, 2.24) is 10.0 Å². The van der Waals surface area contributed by atoms with Crippen LogP contribution in [0.2, 0.25) is 0 Å². The van der Waals surface area contributed by atoms with E-state index in [9.17, 15) is 13.2 Å². The van der Waals surface area contributed by atoms with Gasteiger partial charge in [-0.05, 0) is 49.9 Å². The summed E-state index contributed by atoms with van der Waals surface area (Å²) in [4.78, 5) is 12.0. The average Bonchev–Trinajstić information content (AvgIpc) is 2.94. The Bertz CT molecular complexity index is 635. The molecule has 1 amide bonds. The van der Waals surface area contributed by atoms with Crippen molar-refractivity contribution in [2.24, 2.45) is 0 Å². The quantitative estimate of drug-likeness (QED) is 0.841. The van der Waals surface area contributed by atoms with Gasteiger partial charge < -0.3 is 5.32 Å². The molecule has 0 saturated heterocycles. The van der Waals surface area contributed by atoms with Crippen molar-refractivity contribution in [3.05, 3.63) is 29.3 Å². The lowest BCUT2D eigenvalue weighted by molar-refractivity contribution is -0.121. The average molecular weight is 324 g/mol. The number of carbonyl (C=O) groups is 1. The van der Waals surface area contributed by atoms with E-state index in [1.54, 1.807) is 18.2 Å². The zero-order chi connectivity index (χ0) is 16.2. The largest absolute Gasteiger partial charge is 0.353 e. The van der Waals surface area contributed by atoms with Gasteiger partial charge in [-0.15, -0.1) is 0 Å². The lowest BCUT2D eigenvalue weighted by atomic mass is 10.1. The Labute approximate surface area is 132 Å². The van der Waals surface area contributed by atoms with Crippen LogP contribution in [0.25, 0.3) is 0 Å². The van der Waals surface area contributed by atoms with Gasteiger partial charge in [0.1, 0.15) is 0 Å². The van der Waals surface area contributed by atoms with Crippen LogP contribution in [0.5, 0.6) is 0 Å². The van der Waals surface area contributed by atoms with Crippen molar-refractivity contribution < 1.29 is 13.2 Å². The second-order valence-corrected chi connectivity index (χ2v) is 7.71. The summed E-state index contributed by atoms with van der Waals surface area (Å²) < 4.78 is 26.8. The SMILES string of the molecule is Cc1ccc(S(=O)(=O)NCCC(=O)NC2CCCC2)cc1C. The molecule has 1 aliphatic rings. The highest BCUT2D eigenvalue weighted by molar-refractivity contribution is 7.89. The molecule has 6 heteroatoms. The van der Waals surface area contributed by atoms with E-state index < -0.39 is 10.0 Å². The number of hydrogen-bond acceptors (Lipinski definition) is 3. The molecule has 1 saturated carbocycles. The van der Waals surface area contributed by atoms with Crippen molar-refractivity contribution in [2.75, 3.05) is 6.54 Å². The van der Waals surface area contributed by atoms with Gasteiger partial charge in [-0.25, -0.2) is 13.1 Å². The van der Waals surface area contributed by atoms with E-state index >= 15 is 0 Å². The maximum atomic E-state index is 12.2. The van der Waals surface area contributed by atoms with E-state index in [0.717, 1.165) is 36.8 Å². The fourth-order valence-electron chi connectivity index (χ4n) is 2.63. The minimum Gasteiger partial charge on any atom is -0.353 e. The summed E-state index contributed by atoms with van der Waals surface area (Å²) in [6, 6.07) is 5.29. The highest BCUT2D eigenvalue weighted by Crippen LogP contribution is 2.17. The fourth-order valence-corrected chi connectivity index (χ4v) is 3.75. The molecule has 5 nitrogen and oxygen atoms in total. The summed E-state index contributed by atoms with van der Waals surface area (Å²) in [6.45, 7) is 3.93. The topological polar surface area (TPSA) is 75.3 Å². The molecule has 0 unspecified atom stereocenters. The molecule has 22 heavy (non-hydrogen) atoms. The van der Waals surface area contributed by atoms with Crippen LogP contribution in [0.15, 0.2) is 23.1 Å². The van der Waals surface area contributed by atoms with E-state index in [0.29, 0.717) is 0 Å². The van der Waals surface area contributed by atoms with E-state index in [1.165, 1.54) is 0 Å². The van der Waals surface area contributed by atoms with Crippen molar-refractivity contribution in [2.45, 2.75) is 56.9 Å². The first kappa shape index (κ1) is 17.0. The summed E-state index contributed by atoms with van der Waals surface area (Å²) in [6.07, 6.45) is 4.54. The van der Waals surface area contributed by atoms with E-state index in [1.807, 2.05) is 13.8 Å². The van der Waals surface area contributed by atoms with Crippen molar-refractivity contribution in [3.63, 3.8) is 0 Å². The van der Waals surface area contributed by atoms with Gasteiger partial charge in [0.2, 0.25) is 15.9 Å². The van der Waals surface area contributed by atoms with Crippen LogP contribution in [-0.2, 0) is 14.8 Å². The number of carbonyl (C=O) groups excluding carboxylic acids is 1. The van der Waals surface area contributed by atoms with Crippen LogP contribution < -0.4 is 10.0 Å². The third kappa shape index (κ3) is 4.55. The summed E-state index contributed by atoms with van der Waals surface area (Å²) in [5.74, 6) is -0.0883. The number of hydrogen-bond donors (Lipinski definition) is 2. The normalized spacial score (nSPS) is 15.9. The Hall–Kier alpha value is -1.40. The Kier molecular flexibility index (Phi) is 5.58. The van der Waals surface area contributed by atoms with Crippen LogP contribution >= 0.6 is 0 Å². The van der Waals surface area contributed by atoms with E-state index in [-0.39, 0.29) is 29.8 Å². The summed E-state index contributed by atoms with van der Waals surface area (Å²) in [5, 5.41) is 2.95. The molecule has 2 rings (SSSR count). The van der Waals surface area contributed by atoms with Gasteiger partial charge in [0.05, 0.1) is 4.90 Å². The standard InChI is InChI=1S/C16H24N2O3S/c1-12-7-8-15(11-13(12)2)22(20,21)17-10-9-16(19)18-14-5-3-4-6-14/h7-8,11,14,17H,3-6,9-10H2,1-2H3,(H,18,19). The molecule has 2 N–H and O–H groups in total. The Morgan fingerprint density at radius 3 is 2.50 bits per heavy atom. The second-order valence-electron chi connectivity index (χ2n) is 5.94. The molecule has 1 aromatic carbocycles. The Morgan fingerprint density at radius 1 is 1.18 bits per heavy atom. The summed E-state index contributed by atoms with van der Waals surface area (Å²) in [7, 11) is -3.55. The number of aryl methyl sites for hydroxylation is 2. The van der Waals surface area contributed by atoms with Gasteiger partial charge >= 0.3 is 0 Å². The Morgan fingerprint density at radius 2 is 1.86 bits per heavy atom. The van der Waals surface area contributed by atoms with Gasteiger partial charge in [-0.1, -0.05) is 18.9 Å². The minimum absolute atomic E-state index is 0.0883. The van der Waals surface area contributed by atoms with Crippen LogP contribution in [0.3, 0.4) is 0 Å². The molecular formula is C16H24N2O3S. The van der Waals surface area contributed by atoms with Crippen LogP contribution in [0.4, 0.5) is 0 Å². The molecule has 0 heterocycles. The molecule has 0 bridgehead atoms. The number of rotatable bonds is 6. The molecular weight excluding hydrogens is 300 g/mol. The van der Waals surface area contributed by atoms with E-state index in [2.05, 4.69) is 10.0 Å².